The number of nitrogens with two attached hydrogens (primary N) is 1. The Hall–Kier alpha value is -0.770. The Balaban J connectivity index is 2.28. The van der Waals surface area contributed by atoms with Gasteiger partial charge in [-0.25, -0.2) is 0 Å². The zero-order chi connectivity index (χ0) is 12.0. The van der Waals surface area contributed by atoms with Crippen LogP contribution in [0.3, 0.4) is 0 Å². The molecule has 0 aliphatic heterocycles. The van der Waals surface area contributed by atoms with Gasteiger partial charge in [-0.05, 0) is 32.0 Å². The molecule has 1 aromatic carbocycles. The van der Waals surface area contributed by atoms with Crippen LogP contribution in [0.2, 0.25) is 5.02 Å². The molecule has 0 heterocycles. The van der Waals surface area contributed by atoms with Gasteiger partial charge in [0.2, 0.25) is 0 Å². The maximum Gasteiger partial charge on any atom is 0.120 e. The van der Waals surface area contributed by atoms with Crippen LogP contribution in [-0.4, -0.2) is 25.4 Å². The second kappa shape index (κ2) is 6.74. The highest BCUT2D eigenvalue weighted by molar-refractivity contribution is 6.30. The largest absolute Gasteiger partial charge is 0.492 e. The van der Waals surface area contributed by atoms with Crippen molar-refractivity contribution in [1.82, 2.24) is 0 Å². The average molecular weight is 244 g/mol. The van der Waals surface area contributed by atoms with Gasteiger partial charge in [-0.1, -0.05) is 17.7 Å². The first kappa shape index (κ1) is 13.3. The Kier molecular flexibility index (Phi) is 5.60. The molecule has 90 valence electrons. The van der Waals surface area contributed by atoms with Crippen molar-refractivity contribution in [2.75, 3.05) is 13.2 Å². The monoisotopic (exact) mass is 243 g/mol. The van der Waals surface area contributed by atoms with Gasteiger partial charge >= 0.3 is 0 Å². The van der Waals surface area contributed by atoms with Crippen molar-refractivity contribution in [3.63, 3.8) is 0 Å². The smallest absolute Gasteiger partial charge is 0.120 e. The number of benzene rings is 1. The first-order chi connectivity index (χ1) is 7.58. The highest BCUT2D eigenvalue weighted by Gasteiger charge is 2.05. The third-order valence-electron chi connectivity index (χ3n) is 1.90. The van der Waals surface area contributed by atoms with Crippen molar-refractivity contribution in [3.05, 3.63) is 29.3 Å². The highest BCUT2D eigenvalue weighted by atomic mass is 35.5. The predicted molar refractivity (Wildman–Crippen MR) is 66.0 cm³/mol. The van der Waals surface area contributed by atoms with Crippen molar-refractivity contribution in [1.29, 1.82) is 0 Å². The van der Waals surface area contributed by atoms with Crippen LogP contribution >= 0.6 is 11.6 Å². The van der Waals surface area contributed by atoms with Crippen molar-refractivity contribution in [2.24, 2.45) is 5.73 Å². The molecule has 0 spiro atoms. The molecular formula is C12H18ClNO2. The fraction of sp³-hybridized carbons (Fsp3) is 0.500. The molecule has 4 heteroatoms. The molecule has 0 amide bonds. The lowest BCUT2D eigenvalue weighted by atomic mass is 10.3. The Bertz CT molecular complexity index is 318. The Morgan fingerprint density at radius 1 is 1.31 bits per heavy atom. The average Bonchev–Trinajstić information content (AvgIpc) is 2.23. The number of rotatable bonds is 6. The summed E-state index contributed by atoms with van der Waals surface area (Å²) in [6.45, 7) is 4.88. The molecule has 0 aromatic heterocycles. The van der Waals surface area contributed by atoms with Gasteiger partial charge < -0.3 is 15.2 Å². The van der Waals surface area contributed by atoms with Crippen molar-refractivity contribution >= 4 is 11.6 Å². The molecule has 16 heavy (non-hydrogen) atoms. The molecule has 0 aliphatic carbocycles. The van der Waals surface area contributed by atoms with Gasteiger partial charge in [0.05, 0.1) is 18.8 Å². The first-order valence-electron chi connectivity index (χ1n) is 5.33. The van der Waals surface area contributed by atoms with E-state index < -0.39 is 0 Å². The van der Waals surface area contributed by atoms with E-state index in [0.29, 0.717) is 18.2 Å². The quantitative estimate of drug-likeness (QED) is 0.835. The summed E-state index contributed by atoms with van der Waals surface area (Å²) >= 11 is 5.83. The summed E-state index contributed by atoms with van der Waals surface area (Å²) < 4.78 is 10.9. The fourth-order valence-electron chi connectivity index (χ4n) is 1.12. The Morgan fingerprint density at radius 2 is 2.06 bits per heavy atom. The van der Waals surface area contributed by atoms with Crippen molar-refractivity contribution < 1.29 is 9.47 Å². The molecule has 1 rings (SSSR count). The SMILES string of the molecule is CC(C)OCC(N)COc1cccc(Cl)c1. The molecule has 3 nitrogen and oxygen atoms in total. The van der Waals surface area contributed by atoms with E-state index >= 15 is 0 Å². The summed E-state index contributed by atoms with van der Waals surface area (Å²) in [6, 6.07) is 7.13. The molecule has 1 atom stereocenters. The normalized spacial score (nSPS) is 12.8. The van der Waals surface area contributed by atoms with Crippen LogP contribution < -0.4 is 10.5 Å². The molecule has 0 saturated carbocycles. The highest BCUT2D eigenvalue weighted by Crippen LogP contribution is 2.16. The van der Waals surface area contributed by atoms with Gasteiger partial charge in [0, 0.05) is 5.02 Å². The van der Waals surface area contributed by atoms with Gasteiger partial charge in [0.15, 0.2) is 0 Å². The standard InChI is InChI=1S/C12H18ClNO2/c1-9(2)15-7-11(14)8-16-12-5-3-4-10(13)6-12/h3-6,9,11H,7-8,14H2,1-2H3. The summed E-state index contributed by atoms with van der Waals surface area (Å²) in [7, 11) is 0. The lowest BCUT2D eigenvalue weighted by Crippen LogP contribution is -2.33. The molecule has 2 N–H and O–H groups in total. The van der Waals surface area contributed by atoms with Gasteiger partial charge in [-0.3, -0.25) is 0 Å². The molecule has 0 bridgehead atoms. The third kappa shape index (κ3) is 5.35. The van der Waals surface area contributed by atoms with E-state index in [2.05, 4.69) is 0 Å². The topological polar surface area (TPSA) is 44.5 Å². The number of hydrogen-bond acceptors (Lipinski definition) is 3. The third-order valence-corrected chi connectivity index (χ3v) is 2.14. The maximum atomic E-state index is 5.83. The van der Waals surface area contributed by atoms with Crippen LogP contribution in [0.25, 0.3) is 0 Å². The molecule has 1 unspecified atom stereocenters. The van der Waals surface area contributed by atoms with Gasteiger partial charge in [0.1, 0.15) is 12.4 Å². The summed E-state index contributed by atoms with van der Waals surface area (Å²) in [5, 5.41) is 0.657. The van der Waals surface area contributed by atoms with Gasteiger partial charge in [-0.2, -0.15) is 0 Å². The van der Waals surface area contributed by atoms with Crippen LogP contribution in [0.15, 0.2) is 24.3 Å². The molecule has 1 aromatic rings. The van der Waals surface area contributed by atoms with Crippen molar-refractivity contribution in [2.45, 2.75) is 26.0 Å². The van der Waals surface area contributed by atoms with E-state index in [-0.39, 0.29) is 12.1 Å². The Labute approximate surface area is 101 Å². The first-order valence-corrected chi connectivity index (χ1v) is 5.71. The summed E-state index contributed by atoms with van der Waals surface area (Å²) in [5.74, 6) is 0.729. The maximum absolute atomic E-state index is 5.83. The van der Waals surface area contributed by atoms with E-state index in [1.807, 2.05) is 26.0 Å². The summed E-state index contributed by atoms with van der Waals surface area (Å²) in [6.07, 6.45) is 0.192. The van der Waals surface area contributed by atoms with E-state index in [0.717, 1.165) is 5.75 Å². The van der Waals surface area contributed by atoms with E-state index in [1.165, 1.54) is 0 Å². The minimum atomic E-state index is -0.124. The predicted octanol–water partition coefficient (Wildman–Crippen LogP) is 2.47. The van der Waals surface area contributed by atoms with Crippen LogP contribution in [0.5, 0.6) is 5.75 Å². The molecule has 0 saturated heterocycles. The minimum Gasteiger partial charge on any atom is -0.492 e. The summed E-state index contributed by atoms with van der Waals surface area (Å²) in [4.78, 5) is 0. The number of ether oxygens (including phenoxy) is 2. The second-order valence-electron chi connectivity index (χ2n) is 3.91. The van der Waals surface area contributed by atoms with Gasteiger partial charge in [-0.15, -0.1) is 0 Å². The zero-order valence-electron chi connectivity index (χ0n) is 9.65. The fourth-order valence-corrected chi connectivity index (χ4v) is 1.30. The van der Waals surface area contributed by atoms with E-state index in [4.69, 9.17) is 26.8 Å². The molecule has 0 aliphatic rings. The van der Waals surface area contributed by atoms with E-state index in [1.54, 1.807) is 12.1 Å². The number of halogens is 1. The number of hydrogen-bond donors (Lipinski definition) is 1. The zero-order valence-corrected chi connectivity index (χ0v) is 10.4. The molecule has 0 fully saturated rings. The van der Waals surface area contributed by atoms with E-state index in [9.17, 15) is 0 Å². The molecular weight excluding hydrogens is 226 g/mol. The summed E-state index contributed by atoms with van der Waals surface area (Å²) in [5.41, 5.74) is 5.82. The minimum absolute atomic E-state index is 0.124. The van der Waals surface area contributed by atoms with Crippen LogP contribution in [0.1, 0.15) is 13.8 Å². The van der Waals surface area contributed by atoms with Gasteiger partial charge in [0.25, 0.3) is 0 Å². The van der Waals surface area contributed by atoms with Crippen LogP contribution in [0.4, 0.5) is 0 Å². The van der Waals surface area contributed by atoms with Crippen LogP contribution in [-0.2, 0) is 4.74 Å². The van der Waals surface area contributed by atoms with Crippen LogP contribution in [0, 0.1) is 0 Å². The lowest BCUT2D eigenvalue weighted by molar-refractivity contribution is 0.0587. The van der Waals surface area contributed by atoms with Crippen molar-refractivity contribution in [3.8, 4) is 5.75 Å². The Morgan fingerprint density at radius 3 is 2.69 bits per heavy atom. The lowest BCUT2D eigenvalue weighted by Gasteiger charge is -2.15. The second-order valence-corrected chi connectivity index (χ2v) is 4.35. The molecule has 0 radical (unpaired) electrons.